The van der Waals surface area contributed by atoms with Crippen molar-refractivity contribution in [1.29, 1.82) is 0 Å². The van der Waals surface area contributed by atoms with Gasteiger partial charge in [-0.05, 0) is 35.4 Å². The predicted molar refractivity (Wildman–Crippen MR) is 92.1 cm³/mol. The van der Waals surface area contributed by atoms with Crippen molar-refractivity contribution in [3.8, 4) is 5.75 Å². The van der Waals surface area contributed by atoms with E-state index in [-0.39, 0.29) is 5.75 Å². The van der Waals surface area contributed by atoms with Crippen LogP contribution in [-0.4, -0.2) is 22.1 Å². The van der Waals surface area contributed by atoms with E-state index < -0.39 is 12.2 Å². The molecule has 118 valence electrons. The molecule has 6 heteroatoms. The van der Waals surface area contributed by atoms with Crippen LogP contribution in [0.1, 0.15) is 17.2 Å². The lowest BCUT2D eigenvalue weighted by molar-refractivity contribution is 0.0337. The molecule has 0 spiro atoms. The third-order valence-electron chi connectivity index (χ3n) is 3.16. The molecule has 3 nitrogen and oxygen atoms in total. The molecule has 0 heterocycles. The molecule has 0 aliphatic heterocycles. The molecule has 2 aromatic carbocycles. The van der Waals surface area contributed by atoms with Crippen LogP contribution in [0.25, 0.3) is 0 Å². The predicted octanol–water partition coefficient (Wildman–Crippen LogP) is 3.90. The Morgan fingerprint density at radius 2 is 1.68 bits per heavy atom. The van der Waals surface area contributed by atoms with Gasteiger partial charge >= 0.3 is 0 Å². The monoisotopic (exact) mass is 358 g/mol. The molecule has 0 aliphatic carbocycles. The van der Waals surface area contributed by atoms with Crippen LogP contribution in [0.4, 0.5) is 0 Å². The number of rotatable bonds is 6. The van der Waals surface area contributed by atoms with E-state index in [1.54, 1.807) is 36.4 Å². The van der Waals surface area contributed by atoms with E-state index >= 15 is 0 Å². The molecule has 2 atom stereocenters. The normalized spacial score (nSPS) is 13.7. The first-order chi connectivity index (χ1) is 10.5. The summed E-state index contributed by atoms with van der Waals surface area (Å²) in [5.41, 5.74) is 1.52. The van der Waals surface area contributed by atoms with E-state index in [2.05, 4.69) is 12.6 Å². The number of thiol groups is 1. The quantitative estimate of drug-likeness (QED) is 0.686. The summed E-state index contributed by atoms with van der Waals surface area (Å²) in [6.07, 6.45) is -1.85. The van der Waals surface area contributed by atoms with E-state index in [4.69, 9.17) is 27.9 Å². The number of aliphatic hydroxyl groups is 2. The molecule has 22 heavy (non-hydrogen) atoms. The summed E-state index contributed by atoms with van der Waals surface area (Å²) in [7, 11) is 0. The molecule has 0 aliphatic rings. The second kappa shape index (κ2) is 8.09. The highest BCUT2D eigenvalue weighted by atomic mass is 35.5. The van der Waals surface area contributed by atoms with Gasteiger partial charge in [0.25, 0.3) is 0 Å². The fourth-order valence-electron chi connectivity index (χ4n) is 1.88. The first-order valence-electron chi connectivity index (χ1n) is 6.65. The number of aliphatic hydroxyl groups excluding tert-OH is 2. The van der Waals surface area contributed by atoms with Gasteiger partial charge in [-0.25, -0.2) is 0 Å². The summed E-state index contributed by atoms with van der Waals surface area (Å²) in [4.78, 5) is 0. The Hall–Kier alpha value is -0.910. The fraction of sp³-hybridized carbons (Fsp3) is 0.250. The highest BCUT2D eigenvalue weighted by Gasteiger charge is 2.16. The third-order valence-corrected chi connectivity index (χ3v) is 4.28. The molecular formula is C16H16Cl2O3S. The maximum Gasteiger partial charge on any atom is 0.119 e. The van der Waals surface area contributed by atoms with Crippen molar-refractivity contribution in [3.05, 3.63) is 63.6 Å². The molecule has 2 unspecified atom stereocenters. The van der Waals surface area contributed by atoms with Gasteiger partial charge in [0.2, 0.25) is 0 Å². The van der Waals surface area contributed by atoms with E-state index in [0.717, 1.165) is 5.56 Å². The lowest BCUT2D eigenvalue weighted by atomic mass is 10.1. The molecule has 2 rings (SSSR count). The van der Waals surface area contributed by atoms with Crippen LogP contribution in [0.15, 0.2) is 42.5 Å². The lowest BCUT2D eigenvalue weighted by Crippen LogP contribution is -2.19. The number of hydrogen-bond acceptors (Lipinski definition) is 4. The standard InChI is InChI=1S/C16H16Cl2O3S/c17-13-6-1-10(7-14(13)18)8-21-12-4-2-11(3-5-12)16(20)15(19)9-22/h1-7,15-16,19-20,22H,8-9H2. The first-order valence-corrected chi connectivity index (χ1v) is 8.03. The van der Waals surface area contributed by atoms with Crippen LogP contribution in [0.3, 0.4) is 0 Å². The van der Waals surface area contributed by atoms with Crippen LogP contribution >= 0.6 is 35.8 Å². The lowest BCUT2D eigenvalue weighted by Gasteiger charge is -2.16. The molecule has 2 aromatic rings. The van der Waals surface area contributed by atoms with Crippen molar-refractivity contribution in [2.45, 2.75) is 18.8 Å². The Bertz CT molecular complexity index is 619. The summed E-state index contributed by atoms with van der Waals surface area (Å²) in [5.74, 6) is 0.846. The van der Waals surface area contributed by atoms with Gasteiger partial charge in [-0.1, -0.05) is 41.4 Å². The maximum atomic E-state index is 9.88. The van der Waals surface area contributed by atoms with Crippen LogP contribution in [0.2, 0.25) is 10.0 Å². The van der Waals surface area contributed by atoms with Crippen molar-refractivity contribution >= 4 is 35.8 Å². The minimum atomic E-state index is -0.957. The van der Waals surface area contributed by atoms with Gasteiger partial charge < -0.3 is 14.9 Å². The average Bonchev–Trinajstić information content (AvgIpc) is 2.55. The number of benzene rings is 2. The molecule has 0 saturated heterocycles. The zero-order valence-electron chi connectivity index (χ0n) is 11.6. The highest BCUT2D eigenvalue weighted by Crippen LogP contribution is 2.24. The van der Waals surface area contributed by atoms with Crippen molar-refractivity contribution < 1.29 is 14.9 Å². The van der Waals surface area contributed by atoms with E-state index in [1.165, 1.54) is 0 Å². The van der Waals surface area contributed by atoms with E-state index in [0.29, 0.717) is 28.0 Å². The number of ether oxygens (including phenoxy) is 1. The van der Waals surface area contributed by atoms with Crippen molar-refractivity contribution in [2.24, 2.45) is 0 Å². The van der Waals surface area contributed by atoms with Gasteiger partial charge in [0.15, 0.2) is 0 Å². The highest BCUT2D eigenvalue weighted by molar-refractivity contribution is 7.80. The van der Waals surface area contributed by atoms with Crippen LogP contribution < -0.4 is 4.74 Å². The zero-order valence-corrected chi connectivity index (χ0v) is 14.0. The second-order valence-corrected chi connectivity index (χ2v) is 5.98. The summed E-state index contributed by atoms with van der Waals surface area (Å²) in [5, 5.41) is 20.4. The first kappa shape index (κ1) is 17.4. The molecule has 2 N–H and O–H groups in total. The molecule has 0 aromatic heterocycles. The van der Waals surface area contributed by atoms with Crippen molar-refractivity contribution in [1.82, 2.24) is 0 Å². The van der Waals surface area contributed by atoms with Gasteiger partial charge in [-0.3, -0.25) is 0 Å². The van der Waals surface area contributed by atoms with Gasteiger partial charge in [0.05, 0.1) is 16.1 Å². The summed E-state index contributed by atoms with van der Waals surface area (Å²) in [6.45, 7) is 0.359. The largest absolute Gasteiger partial charge is 0.489 e. The SMILES string of the molecule is OC(CS)C(O)c1ccc(OCc2ccc(Cl)c(Cl)c2)cc1. The van der Waals surface area contributed by atoms with Crippen LogP contribution in [0, 0.1) is 0 Å². The molecule has 0 amide bonds. The maximum absolute atomic E-state index is 9.88. The van der Waals surface area contributed by atoms with E-state index in [9.17, 15) is 10.2 Å². The van der Waals surface area contributed by atoms with Gasteiger partial charge in [-0.15, -0.1) is 0 Å². The molecule has 0 radical (unpaired) electrons. The third kappa shape index (κ3) is 4.54. The molecule has 0 bridgehead atoms. The van der Waals surface area contributed by atoms with E-state index in [1.807, 2.05) is 6.07 Å². The summed E-state index contributed by atoms with van der Waals surface area (Å²) >= 11 is 15.8. The minimum Gasteiger partial charge on any atom is -0.489 e. The molecule has 0 fully saturated rings. The smallest absolute Gasteiger partial charge is 0.119 e. The Kier molecular flexibility index (Phi) is 6.41. The Morgan fingerprint density at radius 3 is 2.27 bits per heavy atom. The average molecular weight is 359 g/mol. The van der Waals surface area contributed by atoms with Gasteiger partial charge in [0.1, 0.15) is 18.5 Å². The zero-order chi connectivity index (χ0) is 16.1. The molecular weight excluding hydrogens is 343 g/mol. The topological polar surface area (TPSA) is 49.7 Å². The number of halogens is 2. The minimum absolute atomic E-state index is 0.191. The summed E-state index contributed by atoms with van der Waals surface area (Å²) < 4.78 is 5.65. The summed E-state index contributed by atoms with van der Waals surface area (Å²) in [6, 6.07) is 12.2. The van der Waals surface area contributed by atoms with Crippen molar-refractivity contribution in [3.63, 3.8) is 0 Å². The Balaban J connectivity index is 1.98. The van der Waals surface area contributed by atoms with Crippen LogP contribution in [0.5, 0.6) is 5.75 Å². The fourth-order valence-corrected chi connectivity index (χ4v) is 2.40. The number of hydrogen-bond donors (Lipinski definition) is 3. The van der Waals surface area contributed by atoms with Crippen molar-refractivity contribution in [2.75, 3.05) is 5.75 Å². The van der Waals surface area contributed by atoms with Gasteiger partial charge in [0, 0.05) is 5.75 Å². The molecule has 0 saturated carbocycles. The van der Waals surface area contributed by atoms with Gasteiger partial charge in [-0.2, -0.15) is 12.6 Å². The van der Waals surface area contributed by atoms with Crippen LogP contribution in [-0.2, 0) is 6.61 Å². The Labute approximate surface area is 144 Å². The Morgan fingerprint density at radius 1 is 1.00 bits per heavy atom. The second-order valence-electron chi connectivity index (χ2n) is 4.80.